The molecule has 1 N–H and O–H groups in total. The molecule has 1 aliphatic heterocycles. The molecule has 1 fully saturated rings. The molecule has 0 unspecified atom stereocenters. The third-order valence-corrected chi connectivity index (χ3v) is 4.44. The van der Waals surface area contributed by atoms with Crippen LogP contribution in [0.2, 0.25) is 0 Å². The van der Waals surface area contributed by atoms with Crippen LogP contribution in [0.15, 0.2) is 42.6 Å². The maximum absolute atomic E-state index is 9.25. The number of hydrogen-bond acceptors (Lipinski definition) is 5. The molecule has 2 aromatic rings. The van der Waals surface area contributed by atoms with E-state index in [4.69, 9.17) is 0 Å². The van der Waals surface area contributed by atoms with Crippen LogP contribution >= 0.6 is 0 Å². The molecule has 0 atom stereocenters. The van der Waals surface area contributed by atoms with Crippen LogP contribution in [0.4, 0.5) is 5.95 Å². The van der Waals surface area contributed by atoms with Gasteiger partial charge in [-0.3, -0.25) is 4.90 Å². The smallest absolute Gasteiger partial charge is 0.225 e. The number of aromatic nitrogens is 2. The first-order chi connectivity index (χ1) is 11.1. The first-order valence-corrected chi connectivity index (χ1v) is 8.05. The van der Waals surface area contributed by atoms with Crippen LogP contribution < -0.4 is 4.90 Å². The summed E-state index contributed by atoms with van der Waals surface area (Å²) in [6.07, 6.45) is 1.72. The number of hydrogen-bond donors (Lipinski definition) is 1. The van der Waals surface area contributed by atoms with Gasteiger partial charge in [0.1, 0.15) is 0 Å². The molecule has 1 aromatic carbocycles. The van der Waals surface area contributed by atoms with E-state index in [1.54, 1.807) is 12.3 Å². The fourth-order valence-electron chi connectivity index (χ4n) is 3.08. The molecule has 23 heavy (non-hydrogen) atoms. The molecule has 0 aliphatic carbocycles. The number of anilines is 1. The van der Waals surface area contributed by atoms with Gasteiger partial charge in [0.25, 0.3) is 0 Å². The largest absolute Gasteiger partial charge is 0.390 e. The number of rotatable bonds is 4. The number of nitrogens with zero attached hydrogens (tertiary/aromatic N) is 4. The molecular formula is C18H24N4O. The lowest BCUT2D eigenvalue weighted by atomic mass is 9.98. The van der Waals surface area contributed by atoms with Crippen molar-refractivity contribution in [2.45, 2.75) is 32.5 Å². The maximum Gasteiger partial charge on any atom is 0.225 e. The number of benzene rings is 1. The first-order valence-electron chi connectivity index (χ1n) is 8.05. The summed E-state index contributed by atoms with van der Waals surface area (Å²) in [6.45, 7) is 8.16. The lowest BCUT2D eigenvalue weighted by molar-refractivity contribution is 0.0955. The van der Waals surface area contributed by atoms with Gasteiger partial charge in [0.2, 0.25) is 5.95 Å². The highest BCUT2D eigenvalue weighted by molar-refractivity contribution is 5.32. The Morgan fingerprint density at radius 3 is 2.61 bits per heavy atom. The van der Waals surface area contributed by atoms with E-state index in [0.717, 1.165) is 26.2 Å². The lowest BCUT2D eigenvalue weighted by Gasteiger charge is -2.47. The number of aliphatic hydroxyl groups excluding tert-OH is 1. The quantitative estimate of drug-likeness (QED) is 0.936. The van der Waals surface area contributed by atoms with Crippen LogP contribution in [0.5, 0.6) is 0 Å². The third-order valence-electron chi connectivity index (χ3n) is 4.44. The van der Waals surface area contributed by atoms with Crippen molar-refractivity contribution in [2.75, 3.05) is 24.5 Å². The predicted octanol–water partition coefficient (Wildman–Crippen LogP) is 2.07. The van der Waals surface area contributed by atoms with Crippen LogP contribution in [0.3, 0.4) is 0 Å². The van der Waals surface area contributed by atoms with Crippen LogP contribution in [-0.4, -0.2) is 45.1 Å². The molecule has 3 rings (SSSR count). The second-order valence-electron chi connectivity index (χ2n) is 6.65. The molecule has 0 bridgehead atoms. The molecule has 1 aliphatic rings. The summed E-state index contributed by atoms with van der Waals surface area (Å²) in [7, 11) is 0. The summed E-state index contributed by atoms with van der Waals surface area (Å²) in [5, 5.41) is 9.25. The zero-order valence-corrected chi connectivity index (χ0v) is 13.8. The highest BCUT2D eigenvalue weighted by Gasteiger charge is 2.34. The molecule has 0 amide bonds. The van der Waals surface area contributed by atoms with Gasteiger partial charge in [-0.15, -0.1) is 0 Å². The second kappa shape index (κ2) is 6.64. The maximum atomic E-state index is 9.25. The Morgan fingerprint density at radius 1 is 1.13 bits per heavy atom. The van der Waals surface area contributed by atoms with Gasteiger partial charge in [0.05, 0.1) is 12.3 Å². The third kappa shape index (κ3) is 3.68. The highest BCUT2D eigenvalue weighted by Crippen LogP contribution is 2.25. The van der Waals surface area contributed by atoms with Crippen LogP contribution in [0.25, 0.3) is 0 Å². The second-order valence-corrected chi connectivity index (χ2v) is 6.65. The molecular weight excluding hydrogens is 288 g/mol. The summed E-state index contributed by atoms with van der Waals surface area (Å²) >= 11 is 0. The summed E-state index contributed by atoms with van der Waals surface area (Å²) < 4.78 is 0. The van der Waals surface area contributed by atoms with Gasteiger partial charge in [0, 0.05) is 37.9 Å². The minimum absolute atomic E-state index is 0.0344. The van der Waals surface area contributed by atoms with Crippen molar-refractivity contribution in [3.63, 3.8) is 0 Å². The van der Waals surface area contributed by atoms with Crippen LogP contribution in [0.1, 0.15) is 25.1 Å². The van der Waals surface area contributed by atoms with Crippen molar-refractivity contribution >= 4 is 5.95 Å². The van der Waals surface area contributed by atoms with Crippen LogP contribution in [-0.2, 0) is 13.2 Å². The van der Waals surface area contributed by atoms with Crippen molar-refractivity contribution in [3.8, 4) is 0 Å². The fourth-order valence-corrected chi connectivity index (χ4v) is 3.08. The van der Waals surface area contributed by atoms with Gasteiger partial charge in [-0.05, 0) is 25.5 Å². The molecule has 1 aromatic heterocycles. The Kier molecular flexibility index (Phi) is 4.59. The molecule has 5 heteroatoms. The predicted molar refractivity (Wildman–Crippen MR) is 91.1 cm³/mol. The highest BCUT2D eigenvalue weighted by atomic mass is 16.3. The van der Waals surface area contributed by atoms with E-state index < -0.39 is 0 Å². The van der Waals surface area contributed by atoms with Crippen molar-refractivity contribution in [1.82, 2.24) is 14.9 Å². The monoisotopic (exact) mass is 312 g/mol. The molecule has 0 spiro atoms. The molecule has 1 saturated heterocycles. The van der Waals surface area contributed by atoms with Crippen molar-refractivity contribution < 1.29 is 5.11 Å². The van der Waals surface area contributed by atoms with E-state index in [9.17, 15) is 5.11 Å². The molecule has 0 saturated carbocycles. The van der Waals surface area contributed by atoms with E-state index in [1.807, 2.05) is 0 Å². The normalized spacial score (nSPS) is 18.1. The Hall–Kier alpha value is -1.98. The average molecular weight is 312 g/mol. The molecule has 2 heterocycles. The van der Waals surface area contributed by atoms with Gasteiger partial charge in [-0.1, -0.05) is 30.3 Å². The Morgan fingerprint density at radius 2 is 1.91 bits per heavy atom. The lowest BCUT2D eigenvalue weighted by Crippen LogP contribution is -2.59. The average Bonchev–Trinajstić information content (AvgIpc) is 2.57. The summed E-state index contributed by atoms with van der Waals surface area (Å²) in [5.41, 5.74) is 2.04. The number of aliphatic hydroxyl groups is 1. The number of piperazine rings is 1. The van der Waals surface area contributed by atoms with Gasteiger partial charge in [-0.2, -0.15) is 0 Å². The van der Waals surface area contributed by atoms with Gasteiger partial charge in [-0.25, -0.2) is 9.97 Å². The fraction of sp³-hybridized carbons (Fsp3) is 0.444. The topological polar surface area (TPSA) is 52.5 Å². The summed E-state index contributed by atoms with van der Waals surface area (Å²) in [4.78, 5) is 13.5. The van der Waals surface area contributed by atoms with Crippen molar-refractivity contribution in [2.24, 2.45) is 0 Å². The van der Waals surface area contributed by atoms with Crippen molar-refractivity contribution in [3.05, 3.63) is 53.9 Å². The minimum Gasteiger partial charge on any atom is -0.390 e. The Balaban J connectivity index is 1.71. The Bertz CT molecular complexity index is 644. The van der Waals surface area contributed by atoms with Gasteiger partial charge >= 0.3 is 0 Å². The summed E-state index contributed by atoms with van der Waals surface area (Å²) in [6, 6.07) is 12.3. The molecule has 122 valence electrons. The first kappa shape index (κ1) is 15.9. The molecule has 5 nitrogen and oxygen atoms in total. The van der Waals surface area contributed by atoms with E-state index in [0.29, 0.717) is 11.6 Å². The van der Waals surface area contributed by atoms with E-state index in [1.165, 1.54) is 5.56 Å². The standard InChI is InChI=1S/C18H24N4O/c1-18(2)14-21(17-19-9-8-16(13-23)20-17)10-11-22(18)12-15-6-4-3-5-7-15/h3-9,23H,10-14H2,1-2H3. The zero-order valence-electron chi connectivity index (χ0n) is 13.8. The van der Waals surface area contributed by atoms with Gasteiger partial charge in [0.15, 0.2) is 0 Å². The Labute approximate surface area is 137 Å². The van der Waals surface area contributed by atoms with Crippen molar-refractivity contribution in [1.29, 1.82) is 0 Å². The summed E-state index contributed by atoms with van der Waals surface area (Å²) in [5.74, 6) is 0.712. The molecule has 0 radical (unpaired) electrons. The zero-order chi connectivity index (χ0) is 16.3. The van der Waals surface area contributed by atoms with E-state index >= 15 is 0 Å². The van der Waals surface area contributed by atoms with E-state index in [2.05, 4.69) is 63.9 Å². The van der Waals surface area contributed by atoms with E-state index in [-0.39, 0.29) is 12.1 Å². The SMILES string of the molecule is CC1(C)CN(c2nccc(CO)n2)CCN1Cc1ccccc1. The van der Waals surface area contributed by atoms with Gasteiger partial charge < -0.3 is 10.0 Å². The minimum atomic E-state index is -0.0487. The van der Waals surface area contributed by atoms with Crippen LogP contribution in [0, 0.1) is 0 Å².